The molecular weight excluding hydrogens is 582 g/mol. The summed E-state index contributed by atoms with van der Waals surface area (Å²) in [6.45, 7) is 5.45. The van der Waals surface area contributed by atoms with Crippen LogP contribution in [0.25, 0.3) is 0 Å². The van der Waals surface area contributed by atoms with Crippen LogP contribution in [0.1, 0.15) is 40.5 Å². The second-order valence-corrected chi connectivity index (χ2v) is 10.4. The maximum atomic E-state index is 13.6. The van der Waals surface area contributed by atoms with Crippen LogP contribution >= 0.6 is 0 Å². The second-order valence-electron chi connectivity index (χ2n) is 10.4. The maximum Gasteiger partial charge on any atom is 0.416 e. The summed E-state index contributed by atoms with van der Waals surface area (Å²) in [4.78, 5) is 30.3. The minimum atomic E-state index is -4.47. The van der Waals surface area contributed by atoms with Crippen molar-refractivity contribution in [2.45, 2.75) is 38.5 Å². The summed E-state index contributed by atoms with van der Waals surface area (Å²) in [6, 6.07) is 12.0. The number of ketones is 1. The molecule has 0 aliphatic carbocycles. The Labute approximate surface area is 253 Å². The number of nitrogens with zero attached hydrogens (tertiary/aromatic N) is 1. The fraction of sp³-hybridized carbons (Fsp3) is 0.364. The highest BCUT2D eigenvalue weighted by Crippen LogP contribution is 2.33. The summed E-state index contributed by atoms with van der Waals surface area (Å²) in [6.07, 6.45) is -2.01. The topological polar surface area (TPSA) is 95.0 Å². The summed E-state index contributed by atoms with van der Waals surface area (Å²) in [7, 11) is 2.69. The number of alkyl halides is 3. The molecule has 3 rings (SSSR count). The van der Waals surface area contributed by atoms with Gasteiger partial charge in [-0.3, -0.25) is 9.59 Å². The van der Waals surface area contributed by atoms with E-state index < -0.39 is 53.0 Å². The molecule has 0 aliphatic rings. The van der Waals surface area contributed by atoms with E-state index in [2.05, 4.69) is 11.6 Å². The van der Waals surface area contributed by atoms with Crippen LogP contribution in [0.15, 0.2) is 73.4 Å². The Hall–Kier alpha value is -4.25. The second kappa shape index (κ2) is 15.5. The van der Waals surface area contributed by atoms with Gasteiger partial charge in [-0.2, -0.15) is 13.2 Å². The normalized spacial score (nSPS) is 14.2. The largest absolute Gasteiger partial charge is 0.503 e. The Morgan fingerprint density at radius 3 is 2.18 bits per heavy atom. The summed E-state index contributed by atoms with van der Waals surface area (Å²) >= 11 is 0. The van der Waals surface area contributed by atoms with Crippen molar-refractivity contribution in [3.63, 3.8) is 0 Å². The minimum Gasteiger partial charge on any atom is -0.503 e. The molecule has 0 saturated heterocycles. The number of hydrogen-bond donors (Lipinski definition) is 1. The van der Waals surface area contributed by atoms with Gasteiger partial charge in [0.2, 0.25) is 0 Å². The van der Waals surface area contributed by atoms with E-state index in [9.17, 15) is 32.3 Å². The number of pyridine rings is 1. The van der Waals surface area contributed by atoms with Crippen molar-refractivity contribution in [2.24, 2.45) is 17.8 Å². The van der Waals surface area contributed by atoms with Crippen LogP contribution < -0.4 is 4.74 Å². The molecule has 1 N–H and O–H groups in total. The average Bonchev–Trinajstić information content (AvgIpc) is 2.99. The molecular formula is C33H35F4NO6. The molecule has 1 heterocycles. The van der Waals surface area contributed by atoms with Crippen molar-refractivity contribution < 1.29 is 46.5 Å². The predicted molar refractivity (Wildman–Crippen MR) is 155 cm³/mol. The summed E-state index contributed by atoms with van der Waals surface area (Å²) in [5.74, 6) is -3.99. The lowest BCUT2D eigenvalue weighted by Crippen LogP contribution is -2.35. The number of methoxy groups -OCH3 is 2. The van der Waals surface area contributed by atoms with E-state index >= 15 is 0 Å². The third kappa shape index (κ3) is 9.12. The molecule has 4 atom stereocenters. The number of carbonyl (C=O) groups excluding carboxylic acids is 2. The molecule has 0 saturated carbocycles. The zero-order valence-electron chi connectivity index (χ0n) is 24.6. The summed E-state index contributed by atoms with van der Waals surface area (Å²) in [5, 5.41) is 10.3. The van der Waals surface area contributed by atoms with Gasteiger partial charge >= 0.3 is 12.1 Å². The molecule has 0 bridgehead atoms. The molecule has 0 unspecified atom stereocenters. The fourth-order valence-electron chi connectivity index (χ4n) is 4.97. The van der Waals surface area contributed by atoms with Gasteiger partial charge in [0.1, 0.15) is 11.9 Å². The smallest absolute Gasteiger partial charge is 0.416 e. The van der Waals surface area contributed by atoms with E-state index in [0.717, 1.165) is 17.7 Å². The lowest BCUT2D eigenvalue weighted by atomic mass is 9.79. The third-order valence-electron chi connectivity index (χ3n) is 7.40. The molecule has 11 heteroatoms. The number of allylic oxidation sites excluding steroid dienone is 1. The molecule has 0 aliphatic heterocycles. The first-order valence-electron chi connectivity index (χ1n) is 13.9. The predicted octanol–water partition coefficient (Wildman–Crippen LogP) is 6.62. The summed E-state index contributed by atoms with van der Waals surface area (Å²) < 4.78 is 68.9. The number of Topliss-reactive ketones (excluding diaryl/α,β-unsaturated/α-hetero) is 1. The molecule has 3 aromatic rings. The average molecular weight is 618 g/mol. The van der Waals surface area contributed by atoms with Gasteiger partial charge in [0.25, 0.3) is 0 Å². The first-order chi connectivity index (χ1) is 20.9. The molecule has 7 nitrogen and oxygen atoms in total. The zero-order valence-corrected chi connectivity index (χ0v) is 24.6. The molecule has 44 heavy (non-hydrogen) atoms. The molecule has 0 amide bonds. The fourth-order valence-corrected chi connectivity index (χ4v) is 4.97. The van der Waals surface area contributed by atoms with Gasteiger partial charge in [-0.15, -0.1) is 6.58 Å². The van der Waals surface area contributed by atoms with Gasteiger partial charge < -0.3 is 19.3 Å². The van der Waals surface area contributed by atoms with Crippen molar-refractivity contribution >= 4 is 11.8 Å². The van der Waals surface area contributed by atoms with E-state index in [-0.39, 0.29) is 30.4 Å². The highest BCUT2D eigenvalue weighted by Gasteiger charge is 2.33. The SMILES string of the molecule is C=C[C@H](Cc1ccc(C(F)(F)F)cc1)[C@@H](Cc1ccc(F)cc1)[C@H](C)OC(=O)[C@H](COC)CC(=O)c1nccc(OC)c1O. The number of ether oxygens (including phenoxy) is 3. The molecule has 0 radical (unpaired) electrons. The van der Waals surface area contributed by atoms with Crippen molar-refractivity contribution in [3.05, 3.63) is 102 Å². The molecule has 236 valence electrons. The van der Waals surface area contributed by atoms with E-state index in [1.807, 2.05) is 0 Å². The Balaban J connectivity index is 1.83. The number of benzene rings is 2. The minimum absolute atomic E-state index is 0.0509. The van der Waals surface area contributed by atoms with Crippen molar-refractivity contribution in [3.8, 4) is 11.5 Å². The summed E-state index contributed by atoms with van der Waals surface area (Å²) in [5.41, 5.74) is 0.349. The Morgan fingerprint density at radius 1 is 1.00 bits per heavy atom. The van der Waals surface area contributed by atoms with E-state index in [1.165, 1.54) is 50.7 Å². The number of aromatic hydroxyl groups is 1. The monoisotopic (exact) mass is 617 g/mol. The molecule has 1 aromatic heterocycles. The van der Waals surface area contributed by atoms with Crippen LogP contribution in [0, 0.1) is 23.6 Å². The van der Waals surface area contributed by atoms with Gasteiger partial charge in [0.15, 0.2) is 23.0 Å². The first kappa shape index (κ1) is 34.2. The molecule has 0 spiro atoms. The number of halogens is 4. The van der Waals surface area contributed by atoms with Gasteiger partial charge in [-0.1, -0.05) is 30.3 Å². The number of aromatic nitrogens is 1. The Bertz CT molecular complexity index is 1410. The van der Waals surface area contributed by atoms with Crippen LogP contribution in [-0.2, 0) is 33.3 Å². The lowest BCUT2D eigenvalue weighted by molar-refractivity contribution is -0.158. The van der Waals surface area contributed by atoms with Crippen molar-refractivity contribution in [2.75, 3.05) is 20.8 Å². The number of carbonyl (C=O) groups is 2. The van der Waals surface area contributed by atoms with Gasteiger partial charge in [0.05, 0.1) is 25.2 Å². The van der Waals surface area contributed by atoms with Crippen LogP contribution in [0.4, 0.5) is 17.6 Å². The molecule has 2 aromatic carbocycles. The number of esters is 1. The Kier molecular flexibility index (Phi) is 12.0. The van der Waals surface area contributed by atoms with Crippen LogP contribution in [0.2, 0.25) is 0 Å². The Morgan fingerprint density at radius 2 is 1.61 bits per heavy atom. The quantitative estimate of drug-likeness (QED) is 0.0886. The highest BCUT2D eigenvalue weighted by molar-refractivity contribution is 5.99. The lowest BCUT2D eigenvalue weighted by Gasteiger charge is -2.31. The number of rotatable bonds is 15. The van der Waals surface area contributed by atoms with E-state index in [1.54, 1.807) is 25.1 Å². The third-order valence-corrected chi connectivity index (χ3v) is 7.40. The maximum absolute atomic E-state index is 13.6. The first-order valence-corrected chi connectivity index (χ1v) is 13.9. The standard InChI is InChI=1S/C33H35F4NO6/c1-5-23(16-21-6-10-25(11-7-21)33(35,36)37)27(17-22-8-12-26(34)13-9-22)20(2)44-32(41)24(19-42-3)18-28(39)30-31(40)29(43-4)14-15-38-30/h5-15,20,23-24,27,40H,1,16-19H2,2-4H3/t20-,23+,24-,27-/m0/s1. The molecule has 0 fully saturated rings. The van der Waals surface area contributed by atoms with Gasteiger partial charge in [-0.25, -0.2) is 9.37 Å². The van der Waals surface area contributed by atoms with Gasteiger partial charge in [-0.05, 0) is 61.1 Å². The van der Waals surface area contributed by atoms with Crippen molar-refractivity contribution in [1.82, 2.24) is 4.98 Å². The van der Waals surface area contributed by atoms with Crippen LogP contribution in [0.5, 0.6) is 11.5 Å². The van der Waals surface area contributed by atoms with Crippen molar-refractivity contribution in [1.29, 1.82) is 0 Å². The number of hydrogen-bond acceptors (Lipinski definition) is 7. The van der Waals surface area contributed by atoms with E-state index in [4.69, 9.17) is 14.2 Å². The van der Waals surface area contributed by atoms with E-state index in [0.29, 0.717) is 18.4 Å². The van der Waals surface area contributed by atoms with Gasteiger partial charge in [0, 0.05) is 31.7 Å². The highest BCUT2D eigenvalue weighted by atomic mass is 19.4. The van der Waals surface area contributed by atoms with Crippen LogP contribution in [0.3, 0.4) is 0 Å². The van der Waals surface area contributed by atoms with Crippen LogP contribution in [-0.4, -0.2) is 48.8 Å². The zero-order chi connectivity index (χ0) is 32.4.